The van der Waals surface area contributed by atoms with Crippen molar-refractivity contribution in [1.29, 1.82) is 0 Å². The first-order valence-electron chi connectivity index (χ1n) is 7.06. The van der Waals surface area contributed by atoms with Crippen molar-refractivity contribution in [3.05, 3.63) is 54.1 Å². The number of anilines is 1. The van der Waals surface area contributed by atoms with Crippen LogP contribution in [0.5, 0.6) is 11.5 Å². The van der Waals surface area contributed by atoms with Crippen molar-refractivity contribution in [2.24, 2.45) is 0 Å². The maximum Gasteiger partial charge on any atom is 0.519 e. The highest BCUT2D eigenvalue weighted by Gasteiger charge is 2.09. The van der Waals surface area contributed by atoms with E-state index in [1.165, 1.54) is 0 Å². The van der Waals surface area contributed by atoms with Crippen molar-refractivity contribution < 1.29 is 23.8 Å². The second kappa shape index (κ2) is 7.84. The fourth-order valence-electron chi connectivity index (χ4n) is 1.80. The van der Waals surface area contributed by atoms with Crippen LogP contribution in [0.4, 0.5) is 10.5 Å². The van der Waals surface area contributed by atoms with Gasteiger partial charge in [-0.25, -0.2) is 4.79 Å². The highest BCUT2D eigenvalue weighted by Crippen LogP contribution is 2.16. The predicted octanol–water partition coefficient (Wildman–Crippen LogP) is 2.95. The van der Waals surface area contributed by atoms with Gasteiger partial charge in [-0.05, 0) is 48.9 Å². The summed E-state index contributed by atoms with van der Waals surface area (Å²) in [5, 5.41) is 0. The number of ether oxygens (including phenoxy) is 3. The molecule has 0 aromatic heterocycles. The third kappa shape index (κ3) is 5.35. The Morgan fingerprint density at radius 3 is 1.96 bits per heavy atom. The standard InChI is InChI=1S/C17H17NO5/c1-2-21-16(19)11-12-3-7-14(8-4-12)22-17(20)23-15-9-5-13(18)6-10-15/h3-10H,2,11,18H2,1H3. The molecule has 0 unspecified atom stereocenters. The number of hydrogen-bond donors (Lipinski definition) is 1. The molecule has 0 aliphatic heterocycles. The Hall–Kier alpha value is -3.02. The first kappa shape index (κ1) is 16.4. The number of esters is 1. The van der Waals surface area contributed by atoms with Crippen LogP contribution < -0.4 is 15.2 Å². The van der Waals surface area contributed by atoms with Crippen LogP contribution in [-0.2, 0) is 16.0 Å². The van der Waals surface area contributed by atoms with Gasteiger partial charge in [0.25, 0.3) is 0 Å². The molecule has 2 rings (SSSR count). The van der Waals surface area contributed by atoms with Crippen LogP contribution in [0.25, 0.3) is 0 Å². The van der Waals surface area contributed by atoms with Crippen molar-refractivity contribution in [3.63, 3.8) is 0 Å². The average molecular weight is 315 g/mol. The van der Waals surface area contributed by atoms with Crippen molar-refractivity contribution in [3.8, 4) is 11.5 Å². The van der Waals surface area contributed by atoms with Crippen molar-refractivity contribution >= 4 is 17.8 Å². The van der Waals surface area contributed by atoms with Crippen LogP contribution >= 0.6 is 0 Å². The van der Waals surface area contributed by atoms with Gasteiger partial charge in [-0.15, -0.1) is 0 Å². The molecule has 0 radical (unpaired) electrons. The van der Waals surface area contributed by atoms with E-state index in [2.05, 4.69) is 0 Å². The summed E-state index contributed by atoms with van der Waals surface area (Å²) in [6.45, 7) is 2.10. The summed E-state index contributed by atoms with van der Waals surface area (Å²) in [5.74, 6) is 0.352. The van der Waals surface area contributed by atoms with Gasteiger partial charge < -0.3 is 19.9 Å². The highest BCUT2D eigenvalue weighted by molar-refractivity contribution is 5.72. The minimum Gasteiger partial charge on any atom is -0.466 e. The largest absolute Gasteiger partial charge is 0.519 e. The van der Waals surface area contributed by atoms with E-state index in [-0.39, 0.29) is 12.4 Å². The summed E-state index contributed by atoms with van der Waals surface area (Å²) >= 11 is 0. The van der Waals surface area contributed by atoms with Crippen LogP contribution in [-0.4, -0.2) is 18.7 Å². The van der Waals surface area contributed by atoms with E-state index < -0.39 is 6.16 Å². The Labute approximate surface area is 133 Å². The van der Waals surface area contributed by atoms with E-state index in [4.69, 9.17) is 19.9 Å². The monoisotopic (exact) mass is 315 g/mol. The summed E-state index contributed by atoms with van der Waals surface area (Å²) < 4.78 is 14.9. The first-order chi connectivity index (χ1) is 11.1. The number of carbonyl (C=O) groups excluding carboxylic acids is 2. The zero-order valence-corrected chi connectivity index (χ0v) is 12.7. The number of hydrogen-bond acceptors (Lipinski definition) is 6. The molecule has 0 heterocycles. The predicted molar refractivity (Wildman–Crippen MR) is 84.3 cm³/mol. The first-order valence-corrected chi connectivity index (χ1v) is 7.06. The maximum atomic E-state index is 11.7. The van der Waals surface area contributed by atoms with Gasteiger partial charge in [0, 0.05) is 5.69 Å². The van der Waals surface area contributed by atoms with Crippen molar-refractivity contribution in [1.82, 2.24) is 0 Å². The minimum atomic E-state index is -0.854. The zero-order valence-electron chi connectivity index (χ0n) is 12.7. The third-order valence-electron chi connectivity index (χ3n) is 2.86. The maximum absolute atomic E-state index is 11.7. The second-order valence-corrected chi connectivity index (χ2v) is 4.65. The number of nitrogens with two attached hydrogens (primary N) is 1. The Kier molecular flexibility index (Phi) is 5.57. The van der Waals surface area contributed by atoms with Gasteiger partial charge in [-0.2, -0.15) is 0 Å². The minimum absolute atomic E-state index is 0.171. The molecular weight excluding hydrogens is 298 g/mol. The lowest BCUT2D eigenvalue weighted by atomic mass is 10.1. The molecule has 2 aromatic rings. The Morgan fingerprint density at radius 2 is 1.43 bits per heavy atom. The smallest absolute Gasteiger partial charge is 0.466 e. The molecule has 0 aliphatic carbocycles. The Bertz CT molecular complexity index is 664. The van der Waals surface area contributed by atoms with Crippen LogP contribution in [0.15, 0.2) is 48.5 Å². The van der Waals surface area contributed by atoms with Crippen molar-refractivity contribution in [2.45, 2.75) is 13.3 Å². The molecule has 6 nitrogen and oxygen atoms in total. The molecule has 0 spiro atoms. The fraction of sp³-hybridized carbons (Fsp3) is 0.176. The molecule has 0 atom stereocenters. The van der Waals surface area contributed by atoms with Gasteiger partial charge in [0.15, 0.2) is 0 Å². The summed E-state index contributed by atoms with van der Waals surface area (Å²) in [7, 11) is 0. The molecule has 2 N–H and O–H groups in total. The van der Waals surface area contributed by atoms with E-state index in [1.54, 1.807) is 55.5 Å². The molecule has 0 bridgehead atoms. The molecule has 6 heteroatoms. The third-order valence-corrected chi connectivity index (χ3v) is 2.86. The average Bonchev–Trinajstić information content (AvgIpc) is 2.52. The van der Waals surface area contributed by atoms with Gasteiger partial charge >= 0.3 is 12.1 Å². The second-order valence-electron chi connectivity index (χ2n) is 4.65. The molecule has 0 amide bonds. The zero-order chi connectivity index (χ0) is 16.7. The lowest BCUT2D eigenvalue weighted by Gasteiger charge is -2.07. The van der Waals surface area contributed by atoms with E-state index in [0.717, 1.165) is 5.56 Å². The molecule has 0 saturated carbocycles. The molecular formula is C17H17NO5. The number of nitrogen functional groups attached to an aromatic ring is 1. The van der Waals surface area contributed by atoms with Crippen LogP contribution in [0, 0.1) is 0 Å². The van der Waals surface area contributed by atoms with Crippen LogP contribution in [0.3, 0.4) is 0 Å². The summed E-state index contributed by atoms with van der Waals surface area (Å²) in [6.07, 6.45) is -0.683. The normalized spacial score (nSPS) is 9.96. The molecule has 2 aromatic carbocycles. The summed E-state index contributed by atoms with van der Waals surface area (Å²) in [4.78, 5) is 23.0. The number of carbonyl (C=O) groups is 2. The highest BCUT2D eigenvalue weighted by atomic mass is 16.7. The van der Waals surface area contributed by atoms with Gasteiger partial charge in [-0.1, -0.05) is 12.1 Å². The van der Waals surface area contributed by atoms with Crippen LogP contribution in [0.2, 0.25) is 0 Å². The van der Waals surface area contributed by atoms with E-state index >= 15 is 0 Å². The quantitative estimate of drug-likeness (QED) is 0.518. The topological polar surface area (TPSA) is 87.8 Å². The molecule has 23 heavy (non-hydrogen) atoms. The Balaban J connectivity index is 1.88. The van der Waals surface area contributed by atoms with Gasteiger partial charge in [-0.3, -0.25) is 4.79 Å². The van der Waals surface area contributed by atoms with Gasteiger partial charge in [0.1, 0.15) is 11.5 Å². The van der Waals surface area contributed by atoms with Crippen LogP contribution in [0.1, 0.15) is 12.5 Å². The summed E-state index contributed by atoms with van der Waals surface area (Å²) in [5.41, 5.74) is 6.88. The lowest BCUT2D eigenvalue weighted by Crippen LogP contribution is -2.13. The molecule has 0 fully saturated rings. The van der Waals surface area contributed by atoms with Gasteiger partial charge in [0.05, 0.1) is 13.0 Å². The van der Waals surface area contributed by atoms with E-state index in [1.807, 2.05) is 0 Å². The van der Waals surface area contributed by atoms with Gasteiger partial charge in [0.2, 0.25) is 0 Å². The molecule has 120 valence electrons. The SMILES string of the molecule is CCOC(=O)Cc1ccc(OC(=O)Oc2ccc(N)cc2)cc1. The lowest BCUT2D eigenvalue weighted by molar-refractivity contribution is -0.142. The molecule has 0 saturated heterocycles. The number of benzene rings is 2. The van der Waals surface area contributed by atoms with E-state index in [0.29, 0.717) is 23.8 Å². The fourth-order valence-corrected chi connectivity index (χ4v) is 1.80. The molecule has 0 aliphatic rings. The van der Waals surface area contributed by atoms with Crippen molar-refractivity contribution in [2.75, 3.05) is 12.3 Å². The summed E-state index contributed by atoms with van der Waals surface area (Å²) in [6, 6.07) is 12.9. The Morgan fingerprint density at radius 1 is 0.913 bits per heavy atom. The van der Waals surface area contributed by atoms with E-state index in [9.17, 15) is 9.59 Å². The number of rotatable bonds is 5.